The van der Waals surface area contributed by atoms with Crippen molar-refractivity contribution in [2.24, 2.45) is 0 Å². The summed E-state index contributed by atoms with van der Waals surface area (Å²) in [4.78, 5) is 16.9. The van der Waals surface area contributed by atoms with Crippen molar-refractivity contribution in [2.45, 2.75) is 6.18 Å². The fourth-order valence-electron chi connectivity index (χ4n) is 3.14. The van der Waals surface area contributed by atoms with Crippen LogP contribution in [-0.2, 0) is 6.18 Å². The Morgan fingerprint density at radius 2 is 1.75 bits per heavy atom. The number of amides is 1. The third-order valence-corrected chi connectivity index (χ3v) is 5.80. The second-order valence-corrected chi connectivity index (χ2v) is 7.77. The summed E-state index contributed by atoms with van der Waals surface area (Å²) in [5.41, 5.74) is 5.48. The second kappa shape index (κ2) is 8.12. The number of fused-ring (bicyclic) bond motifs is 1. The Morgan fingerprint density at radius 1 is 1.09 bits per heavy atom. The predicted molar refractivity (Wildman–Crippen MR) is 115 cm³/mol. The molecule has 4 aromatic rings. The van der Waals surface area contributed by atoms with Gasteiger partial charge in [0.15, 0.2) is 0 Å². The monoisotopic (exact) mass is 461 g/mol. The van der Waals surface area contributed by atoms with E-state index in [4.69, 9.17) is 10.5 Å². The van der Waals surface area contributed by atoms with Crippen LogP contribution >= 0.6 is 11.3 Å². The summed E-state index contributed by atoms with van der Waals surface area (Å²) < 4.78 is 59.8. The molecular weight excluding hydrogens is 446 g/mol. The Kier molecular flexibility index (Phi) is 5.47. The van der Waals surface area contributed by atoms with E-state index < -0.39 is 23.5 Å². The number of nitrogens with one attached hydrogen (secondary N) is 1. The minimum atomic E-state index is -4.72. The van der Waals surface area contributed by atoms with Crippen molar-refractivity contribution in [1.29, 1.82) is 0 Å². The molecule has 2 aromatic carbocycles. The smallest absolute Gasteiger partial charge is 0.417 e. The highest BCUT2D eigenvalue weighted by atomic mass is 32.1. The number of thiophene rings is 1. The molecule has 4 rings (SSSR count). The lowest BCUT2D eigenvalue weighted by Crippen LogP contribution is -2.12. The quantitative estimate of drug-likeness (QED) is 0.368. The third-order valence-electron chi connectivity index (χ3n) is 4.70. The molecular formula is C22H15F4N3O2S. The number of ether oxygens (including phenoxy) is 1. The fraction of sp³-hybridized carbons (Fsp3) is 0.0909. The van der Waals surface area contributed by atoms with Crippen LogP contribution in [0.1, 0.15) is 15.2 Å². The van der Waals surface area contributed by atoms with Crippen molar-refractivity contribution < 1.29 is 27.1 Å². The van der Waals surface area contributed by atoms with Gasteiger partial charge in [-0.1, -0.05) is 0 Å². The van der Waals surface area contributed by atoms with Gasteiger partial charge in [-0.15, -0.1) is 11.3 Å². The van der Waals surface area contributed by atoms with Crippen LogP contribution < -0.4 is 15.8 Å². The number of nitrogens with zero attached hydrogens (tertiary/aromatic N) is 1. The molecule has 3 N–H and O–H groups in total. The van der Waals surface area contributed by atoms with Crippen molar-refractivity contribution in [3.8, 4) is 17.0 Å². The minimum absolute atomic E-state index is 0.0209. The standard InChI is InChI=1S/C22H15F4N3O2S/c1-31-14-8-2-11(3-9-14)16-10-15(22(24,25)26)17-18(27)19(32-21(17)29-16)20(30)28-13-6-4-12(23)5-7-13/h2-10H,27H2,1H3,(H,28,30). The highest BCUT2D eigenvalue weighted by Crippen LogP contribution is 2.43. The molecule has 164 valence electrons. The van der Waals surface area contributed by atoms with E-state index in [0.29, 0.717) is 11.3 Å². The molecule has 0 saturated heterocycles. The van der Waals surface area contributed by atoms with Crippen LogP contribution in [0.4, 0.5) is 28.9 Å². The molecule has 0 radical (unpaired) electrons. The zero-order valence-corrected chi connectivity index (χ0v) is 17.3. The van der Waals surface area contributed by atoms with Gasteiger partial charge in [0.25, 0.3) is 5.91 Å². The molecule has 2 aromatic heterocycles. The lowest BCUT2D eigenvalue weighted by molar-refractivity contribution is -0.136. The van der Waals surface area contributed by atoms with E-state index >= 15 is 0 Å². The average molecular weight is 461 g/mol. The Balaban J connectivity index is 1.82. The number of carbonyl (C=O) groups excluding carboxylic acids is 1. The van der Waals surface area contributed by atoms with Crippen molar-refractivity contribution in [1.82, 2.24) is 4.98 Å². The summed E-state index contributed by atoms with van der Waals surface area (Å²) in [5, 5.41) is 2.18. The molecule has 0 aliphatic carbocycles. The van der Waals surface area contributed by atoms with Gasteiger partial charge < -0.3 is 15.8 Å². The molecule has 5 nitrogen and oxygen atoms in total. The van der Waals surface area contributed by atoms with E-state index in [1.165, 1.54) is 19.2 Å². The number of anilines is 2. The van der Waals surface area contributed by atoms with Gasteiger partial charge in [-0.3, -0.25) is 4.79 Å². The summed E-state index contributed by atoms with van der Waals surface area (Å²) in [6, 6.07) is 12.3. The average Bonchev–Trinajstić information content (AvgIpc) is 3.10. The highest BCUT2D eigenvalue weighted by Gasteiger charge is 2.36. The molecule has 0 bridgehead atoms. The molecule has 0 fully saturated rings. The summed E-state index contributed by atoms with van der Waals surface area (Å²) in [5.74, 6) is -0.656. The SMILES string of the molecule is COc1ccc(-c2cc(C(F)(F)F)c3c(N)c(C(=O)Nc4ccc(F)cc4)sc3n2)cc1. The van der Waals surface area contributed by atoms with Crippen molar-refractivity contribution >= 4 is 38.8 Å². The van der Waals surface area contributed by atoms with Gasteiger partial charge in [-0.25, -0.2) is 9.37 Å². The number of benzene rings is 2. The molecule has 10 heteroatoms. The fourth-order valence-corrected chi connectivity index (χ4v) is 4.16. The van der Waals surface area contributed by atoms with Gasteiger partial charge in [0.1, 0.15) is 21.3 Å². The Morgan fingerprint density at radius 3 is 2.34 bits per heavy atom. The van der Waals surface area contributed by atoms with Gasteiger partial charge in [0.05, 0.1) is 24.1 Å². The first kappa shape index (κ1) is 21.6. The lowest BCUT2D eigenvalue weighted by Gasteiger charge is -2.11. The first-order valence-electron chi connectivity index (χ1n) is 9.19. The molecule has 2 heterocycles. The molecule has 0 aliphatic heterocycles. The van der Waals surface area contributed by atoms with E-state index in [9.17, 15) is 22.4 Å². The third kappa shape index (κ3) is 4.09. The lowest BCUT2D eigenvalue weighted by atomic mass is 10.1. The summed E-state index contributed by atoms with van der Waals surface area (Å²) in [6.45, 7) is 0. The van der Waals surface area contributed by atoms with Crippen LogP contribution in [0.25, 0.3) is 21.5 Å². The number of nitrogens with two attached hydrogens (primary N) is 1. The van der Waals surface area contributed by atoms with E-state index in [-0.39, 0.29) is 32.2 Å². The van der Waals surface area contributed by atoms with E-state index in [1.54, 1.807) is 24.3 Å². The first-order valence-corrected chi connectivity index (χ1v) is 10.0. The first-order chi connectivity index (χ1) is 15.2. The molecule has 1 amide bonds. The zero-order valence-electron chi connectivity index (χ0n) is 16.5. The van der Waals surface area contributed by atoms with Crippen LogP contribution in [0.2, 0.25) is 0 Å². The second-order valence-electron chi connectivity index (χ2n) is 6.77. The molecule has 0 unspecified atom stereocenters. The highest BCUT2D eigenvalue weighted by molar-refractivity contribution is 7.21. The zero-order chi connectivity index (χ0) is 23.0. The normalized spacial score (nSPS) is 11.5. The number of aromatic nitrogens is 1. The maximum Gasteiger partial charge on any atom is 0.417 e. The number of nitrogen functional groups attached to an aromatic ring is 1. The van der Waals surface area contributed by atoms with E-state index in [2.05, 4.69) is 10.3 Å². The van der Waals surface area contributed by atoms with Gasteiger partial charge >= 0.3 is 6.18 Å². The molecule has 0 spiro atoms. The molecule has 0 saturated carbocycles. The van der Waals surface area contributed by atoms with Crippen LogP contribution in [0.5, 0.6) is 5.75 Å². The van der Waals surface area contributed by atoms with Crippen molar-refractivity contribution in [3.05, 3.63) is 70.9 Å². The Bertz CT molecular complexity index is 1300. The summed E-state index contributed by atoms with van der Waals surface area (Å²) in [7, 11) is 1.48. The topological polar surface area (TPSA) is 77.2 Å². The minimum Gasteiger partial charge on any atom is -0.497 e. The number of pyridine rings is 1. The Hall–Kier alpha value is -3.66. The number of rotatable bonds is 4. The van der Waals surface area contributed by atoms with Crippen molar-refractivity contribution in [2.75, 3.05) is 18.2 Å². The summed E-state index contributed by atoms with van der Waals surface area (Å²) >= 11 is 0.754. The maximum absolute atomic E-state index is 13.9. The summed E-state index contributed by atoms with van der Waals surface area (Å²) in [6.07, 6.45) is -4.72. The molecule has 32 heavy (non-hydrogen) atoms. The van der Waals surface area contributed by atoms with Crippen LogP contribution in [0.3, 0.4) is 0 Å². The van der Waals surface area contributed by atoms with Crippen LogP contribution in [0.15, 0.2) is 54.6 Å². The van der Waals surface area contributed by atoms with Gasteiger partial charge in [0.2, 0.25) is 0 Å². The Labute approximate surface area is 183 Å². The van der Waals surface area contributed by atoms with E-state index in [0.717, 1.165) is 29.5 Å². The number of carbonyl (C=O) groups is 1. The van der Waals surface area contributed by atoms with Gasteiger partial charge in [0, 0.05) is 16.6 Å². The number of methoxy groups -OCH3 is 1. The maximum atomic E-state index is 13.9. The predicted octanol–water partition coefficient (Wildman–Crippen LogP) is 5.96. The van der Waals surface area contributed by atoms with Crippen molar-refractivity contribution in [3.63, 3.8) is 0 Å². The van der Waals surface area contributed by atoms with Gasteiger partial charge in [-0.2, -0.15) is 13.2 Å². The number of alkyl halides is 3. The molecule has 0 aliphatic rings. The van der Waals surface area contributed by atoms with Crippen LogP contribution in [-0.4, -0.2) is 18.0 Å². The molecule has 0 atom stereocenters. The number of hydrogen-bond acceptors (Lipinski definition) is 5. The van der Waals surface area contributed by atoms with Gasteiger partial charge in [-0.05, 0) is 54.6 Å². The van der Waals surface area contributed by atoms with E-state index in [1.807, 2.05) is 0 Å². The van der Waals surface area contributed by atoms with Crippen LogP contribution in [0, 0.1) is 5.82 Å². The largest absolute Gasteiger partial charge is 0.497 e. The number of halogens is 4. The number of hydrogen-bond donors (Lipinski definition) is 2.